The lowest BCUT2D eigenvalue weighted by atomic mass is 10.5. The molecule has 1 aromatic heterocycles. The van der Waals surface area contributed by atoms with Gasteiger partial charge in [-0.15, -0.1) is 6.58 Å². The van der Waals surface area contributed by atoms with E-state index in [1.807, 2.05) is 0 Å². The zero-order chi connectivity index (χ0) is 7.40. The number of H-pyrrole nitrogens is 1. The molecule has 0 spiro atoms. The number of nitrogens with two attached hydrogens (primary N) is 1. The second-order valence-electron chi connectivity index (χ2n) is 1.87. The molecule has 0 aliphatic rings. The van der Waals surface area contributed by atoms with E-state index in [1.165, 1.54) is 0 Å². The Bertz CT molecular complexity index is 215. The highest BCUT2D eigenvalue weighted by atomic mass is 15.2. The third-order valence-corrected chi connectivity index (χ3v) is 1.11. The van der Waals surface area contributed by atoms with Gasteiger partial charge >= 0.3 is 0 Å². The van der Waals surface area contributed by atoms with Crippen molar-refractivity contribution < 1.29 is 0 Å². The first-order valence-electron chi connectivity index (χ1n) is 2.98. The molecule has 0 saturated carbocycles. The molecule has 0 unspecified atom stereocenters. The quantitative estimate of drug-likeness (QED) is 0.535. The van der Waals surface area contributed by atoms with Crippen molar-refractivity contribution in [2.75, 3.05) is 17.6 Å². The maximum atomic E-state index is 5.47. The number of aromatic amines is 1. The minimum atomic E-state index is 0.557. The minimum absolute atomic E-state index is 0.557. The second kappa shape index (κ2) is 2.91. The van der Waals surface area contributed by atoms with Crippen molar-refractivity contribution in [1.82, 2.24) is 10.2 Å². The van der Waals surface area contributed by atoms with Gasteiger partial charge in [0.25, 0.3) is 0 Å². The van der Waals surface area contributed by atoms with E-state index in [9.17, 15) is 0 Å². The molecule has 0 aromatic carbocycles. The maximum absolute atomic E-state index is 5.47. The maximum Gasteiger partial charge on any atom is 0.142 e. The lowest BCUT2D eigenvalue weighted by Gasteiger charge is -1.97. The van der Waals surface area contributed by atoms with Gasteiger partial charge in [0.2, 0.25) is 0 Å². The smallest absolute Gasteiger partial charge is 0.142 e. The van der Waals surface area contributed by atoms with Crippen molar-refractivity contribution in [3.63, 3.8) is 0 Å². The number of aromatic nitrogens is 2. The Morgan fingerprint density at radius 1 is 1.90 bits per heavy atom. The van der Waals surface area contributed by atoms with Gasteiger partial charge in [-0.3, -0.25) is 5.10 Å². The first-order valence-corrected chi connectivity index (χ1v) is 2.98. The molecule has 0 saturated heterocycles. The monoisotopic (exact) mass is 138 g/mol. The van der Waals surface area contributed by atoms with Crippen LogP contribution in [-0.2, 0) is 0 Å². The van der Waals surface area contributed by atoms with Gasteiger partial charge in [0.05, 0.1) is 11.9 Å². The Hall–Kier alpha value is -1.45. The molecule has 1 heterocycles. The van der Waals surface area contributed by atoms with E-state index in [2.05, 4.69) is 22.1 Å². The number of hydrogen-bond donors (Lipinski definition) is 3. The van der Waals surface area contributed by atoms with Gasteiger partial charge < -0.3 is 11.1 Å². The summed E-state index contributed by atoms with van der Waals surface area (Å²) in [5.74, 6) is 0.557. The molecular weight excluding hydrogens is 128 g/mol. The van der Waals surface area contributed by atoms with Crippen molar-refractivity contribution >= 4 is 11.5 Å². The average Bonchev–Trinajstić information content (AvgIpc) is 2.31. The van der Waals surface area contributed by atoms with E-state index in [0.717, 1.165) is 5.69 Å². The average molecular weight is 138 g/mol. The predicted octanol–water partition coefficient (Wildman–Crippen LogP) is 0.590. The number of rotatable bonds is 3. The number of nitrogens with zero attached hydrogens (tertiary/aromatic N) is 1. The normalized spacial score (nSPS) is 9.20. The summed E-state index contributed by atoms with van der Waals surface area (Å²) in [7, 11) is 0. The molecule has 4 N–H and O–H groups in total. The summed E-state index contributed by atoms with van der Waals surface area (Å²) in [5, 5.41) is 9.34. The minimum Gasteiger partial charge on any atom is -0.382 e. The highest BCUT2D eigenvalue weighted by Crippen LogP contribution is 2.11. The molecule has 10 heavy (non-hydrogen) atoms. The molecular formula is C6H10N4. The largest absolute Gasteiger partial charge is 0.382 e. The highest BCUT2D eigenvalue weighted by molar-refractivity contribution is 5.60. The summed E-state index contributed by atoms with van der Waals surface area (Å²) in [5.41, 5.74) is 6.29. The fourth-order valence-electron chi connectivity index (χ4n) is 0.619. The van der Waals surface area contributed by atoms with Crippen LogP contribution in [0.4, 0.5) is 11.5 Å². The Morgan fingerprint density at radius 2 is 2.70 bits per heavy atom. The van der Waals surface area contributed by atoms with Crippen molar-refractivity contribution in [2.45, 2.75) is 0 Å². The molecule has 0 fully saturated rings. The molecule has 4 heteroatoms. The summed E-state index contributed by atoms with van der Waals surface area (Å²) < 4.78 is 0. The number of nitrogens with one attached hydrogen (secondary N) is 2. The van der Waals surface area contributed by atoms with Gasteiger partial charge in [0.1, 0.15) is 5.82 Å². The zero-order valence-corrected chi connectivity index (χ0v) is 5.59. The number of hydrogen-bond acceptors (Lipinski definition) is 3. The van der Waals surface area contributed by atoms with E-state index in [1.54, 1.807) is 12.3 Å². The number of anilines is 2. The van der Waals surface area contributed by atoms with Crippen molar-refractivity contribution in [2.24, 2.45) is 0 Å². The Morgan fingerprint density at radius 3 is 3.20 bits per heavy atom. The van der Waals surface area contributed by atoms with Crippen LogP contribution in [0.2, 0.25) is 0 Å². The van der Waals surface area contributed by atoms with Gasteiger partial charge in [0, 0.05) is 6.54 Å². The van der Waals surface area contributed by atoms with E-state index in [4.69, 9.17) is 5.73 Å². The van der Waals surface area contributed by atoms with E-state index in [-0.39, 0.29) is 0 Å². The van der Waals surface area contributed by atoms with Crippen LogP contribution in [-0.4, -0.2) is 16.7 Å². The molecule has 0 aliphatic carbocycles. The van der Waals surface area contributed by atoms with Gasteiger partial charge in [-0.2, -0.15) is 5.10 Å². The van der Waals surface area contributed by atoms with E-state index in [0.29, 0.717) is 12.4 Å². The third-order valence-electron chi connectivity index (χ3n) is 1.11. The molecule has 1 aromatic rings. The molecule has 54 valence electrons. The SMILES string of the molecule is C=CCNc1cn[nH]c1N. The zero-order valence-electron chi connectivity index (χ0n) is 5.59. The van der Waals surface area contributed by atoms with Crippen molar-refractivity contribution in [3.05, 3.63) is 18.9 Å². The van der Waals surface area contributed by atoms with Gasteiger partial charge in [0.15, 0.2) is 0 Å². The van der Waals surface area contributed by atoms with Crippen molar-refractivity contribution in [1.29, 1.82) is 0 Å². The summed E-state index contributed by atoms with van der Waals surface area (Å²) >= 11 is 0. The lowest BCUT2D eigenvalue weighted by Crippen LogP contribution is -1.99. The lowest BCUT2D eigenvalue weighted by molar-refractivity contribution is 1.10. The molecule has 0 atom stereocenters. The summed E-state index contributed by atoms with van der Waals surface area (Å²) in [6, 6.07) is 0. The van der Waals surface area contributed by atoms with E-state index >= 15 is 0 Å². The van der Waals surface area contributed by atoms with Crippen LogP contribution < -0.4 is 11.1 Å². The van der Waals surface area contributed by atoms with E-state index < -0.39 is 0 Å². The number of nitrogen functional groups attached to an aromatic ring is 1. The summed E-state index contributed by atoms with van der Waals surface area (Å²) in [6.07, 6.45) is 3.39. The topological polar surface area (TPSA) is 66.7 Å². The van der Waals surface area contributed by atoms with Gasteiger partial charge in [-0.25, -0.2) is 0 Å². The van der Waals surface area contributed by atoms with Crippen LogP contribution in [0.15, 0.2) is 18.9 Å². The molecule has 0 radical (unpaired) electrons. The second-order valence-corrected chi connectivity index (χ2v) is 1.87. The highest BCUT2D eigenvalue weighted by Gasteiger charge is 1.95. The molecule has 0 amide bonds. The van der Waals surface area contributed by atoms with Crippen LogP contribution in [0.3, 0.4) is 0 Å². The molecule has 4 nitrogen and oxygen atoms in total. The van der Waals surface area contributed by atoms with Gasteiger partial charge in [-0.05, 0) is 0 Å². The van der Waals surface area contributed by atoms with Crippen molar-refractivity contribution in [3.8, 4) is 0 Å². The van der Waals surface area contributed by atoms with Crippen LogP contribution in [0, 0.1) is 0 Å². The Kier molecular flexibility index (Phi) is 1.94. The summed E-state index contributed by atoms with van der Waals surface area (Å²) in [4.78, 5) is 0. The molecule has 1 rings (SSSR count). The van der Waals surface area contributed by atoms with Crippen LogP contribution in [0.5, 0.6) is 0 Å². The Balaban J connectivity index is 2.56. The molecule has 0 aliphatic heterocycles. The standard InChI is InChI=1S/C6H10N4/c1-2-3-8-5-4-9-10-6(5)7/h2,4,8H,1,3H2,(H3,7,9,10). The van der Waals surface area contributed by atoms with Gasteiger partial charge in [-0.1, -0.05) is 6.08 Å². The Labute approximate surface area is 59.1 Å². The predicted molar refractivity (Wildman–Crippen MR) is 41.7 cm³/mol. The van der Waals surface area contributed by atoms with Crippen LogP contribution in [0.1, 0.15) is 0 Å². The first-order chi connectivity index (χ1) is 4.84. The summed E-state index contributed by atoms with van der Waals surface area (Å²) in [6.45, 7) is 4.25. The first kappa shape index (κ1) is 6.67. The fraction of sp³-hybridized carbons (Fsp3) is 0.167. The molecule has 0 bridgehead atoms. The van der Waals surface area contributed by atoms with Crippen LogP contribution in [0.25, 0.3) is 0 Å². The third kappa shape index (κ3) is 1.28. The van der Waals surface area contributed by atoms with Crippen LogP contribution >= 0.6 is 0 Å². The fourth-order valence-corrected chi connectivity index (χ4v) is 0.619.